The molecule has 3 heteroatoms. The van der Waals surface area contributed by atoms with Crippen LogP contribution in [0.4, 0.5) is 0 Å². The molecule has 19 heavy (non-hydrogen) atoms. The molecule has 2 N–H and O–H groups in total. The number of nitrogens with two attached hydrogens (primary N) is 1. The van der Waals surface area contributed by atoms with Crippen LogP contribution in [0.1, 0.15) is 38.7 Å². The lowest BCUT2D eigenvalue weighted by Gasteiger charge is -2.40. The van der Waals surface area contributed by atoms with Gasteiger partial charge in [-0.05, 0) is 44.4 Å². The largest absolute Gasteiger partial charge is 0.494 e. The predicted octanol–water partition coefficient (Wildman–Crippen LogP) is 2.79. The van der Waals surface area contributed by atoms with Crippen molar-refractivity contribution in [1.29, 1.82) is 0 Å². The smallest absolute Gasteiger partial charge is 0.119 e. The van der Waals surface area contributed by atoms with E-state index in [0.29, 0.717) is 12.1 Å². The average Bonchev–Trinajstić information content (AvgIpc) is 2.43. The Labute approximate surface area is 116 Å². The first kappa shape index (κ1) is 14.4. The van der Waals surface area contributed by atoms with E-state index in [1.165, 1.54) is 24.8 Å². The average molecular weight is 262 g/mol. The lowest BCUT2D eigenvalue weighted by atomic mass is 9.95. The Hall–Kier alpha value is -1.06. The van der Waals surface area contributed by atoms with E-state index < -0.39 is 0 Å². The van der Waals surface area contributed by atoms with Crippen LogP contribution in [0.15, 0.2) is 24.3 Å². The number of benzene rings is 1. The molecule has 0 saturated carbocycles. The molecule has 2 unspecified atom stereocenters. The maximum Gasteiger partial charge on any atom is 0.119 e. The van der Waals surface area contributed by atoms with Crippen molar-refractivity contribution in [3.8, 4) is 5.75 Å². The van der Waals surface area contributed by atoms with E-state index in [2.05, 4.69) is 36.1 Å². The van der Waals surface area contributed by atoms with Crippen LogP contribution in [0, 0.1) is 0 Å². The third kappa shape index (κ3) is 3.71. The van der Waals surface area contributed by atoms with Crippen molar-refractivity contribution in [2.75, 3.05) is 13.2 Å². The van der Waals surface area contributed by atoms with Crippen LogP contribution in [0.5, 0.6) is 5.75 Å². The molecule has 1 aromatic rings. The Morgan fingerprint density at radius 3 is 2.63 bits per heavy atom. The number of piperidine rings is 1. The summed E-state index contributed by atoms with van der Waals surface area (Å²) in [5.74, 6) is 0.952. The zero-order valence-corrected chi connectivity index (χ0v) is 12.1. The molecule has 2 rings (SSSR count). The van der Waals surface area contributed by atoms with E-state index in [4.69, 9.17) is 10.5 Å². The number of hydrogen-bond donors (Lipinski definition) is 1. The molecule has 1 saturated heterocycles. The van der Waals surface area contributed by atoms with Gasteiger partial charge in [-0.2, -0.15) is 0 Å². The second kappa shape index (κ2) is 6.92. The normalized spacial score (nSPS) is 24.4. The van der Waals surface area contributed by atoms with Crippen LogP contribution in [-0.2, 0) is 6.54 Å². The van der Waals surface area contributed by atoms with Crippen LogP contribution >= 0.6 is 0 Å². The molecule has 0 aromatic heterocycles. The van der Waals surface area contributed by atoms with Gasteiger partial charge in [0, 0.05) is 25.2 Å². The van der Waals surface area contributed by atoms with Crippen molar-refractivity contribution in [3.63, 3.8) is 0 Å². The highest BCUT2D eigenvalue weighted by Gasteiger charge is 2.26. The molecule has 0 bridgehead atoms. The molecule has 1 aliphatic heterocycles. The highest BCUT2D eigenvalue weighted by molar-refractivity contribution is 5.27. The lowest BCUT2D eigenvalue weighted by Crippen LogP contribution is -2.48. The molecule has 1 heterocycles. The van der Waals surface area contributed by atoms with Gasteiger partial charge in [0.2, 0.25) is 0 Å². The van der Waals surface area contributed by atoms with Crippen molar-refractivity contribution in [2.45, 2.75) is 51.7 Å². The molecule has 0 amide bonds. The first-order valence-corrected chi connectivity index (χ1v) is 7.42. The quantitative estimate of drug-likeness (QED) is 0.887. The Morgan fingerprint density at radius 2 is 2.00 bits per heavy atom. The predicted molar refractivity (Wildman–Crippen MR) is 79.3 cm³/mol. The minimum Gasteiger partial charge on any atom is -0.494 e. The monoisotopic (exact) mass is 262 g/mol. The van der Waals surface area contributed by atoms with Gasteiger partial charge in [0.15, 0.2) is 0 Å². The molecular formula is C16H26N2O. The van der Waals surface area contributed by atoms with Crippen molar-refractivity contribution >= 4 is 0 Å². The fourth-order valence-electron chi connectivity index (χ4n) is 2.95. The van der Waals surface area contributed by atoms with Crippen LogP contribution in [0.3, 0.4) is 0 Å². The summed E-state index contributed by atoms with van der Waals surface area (Å²) in [6, 6.07) is 9.62. The van der Waals surface area contributed by atoms with Gasteiger partial charge < -0.3 is 10.5 Å². The maximum absolute atomic E-state index is 5.91. The zero-order valence-electron chi connectivity index (χ0n) is 12.1. The standard InChI is InChI=1S/C16H26N2O/c1-3-19-16-9-7-14(8-10-16)12-18-13(2)5-4-6-15(18)11-17/h7-10,13,15H,3-6,11-12,17H2,1-2H3. The molecular weight excluding hydrogens is 236 g/mol. The third-order valence-corrected chi connectivity index (χ3v) is 4.07. The first-order valence-electron chi connectivity index (χ1n) is 7.42. The van der Waals surface area contributed by atoms with E-state index in [9.17, 15) is 0 Å². The topological polar surface area (TPSA) is 38.5 Å². The summed E-state index contributed by atoms with van der Waals surface area (Å²) in [6.07, 6.45) is 3.83. The van der Waals surface area contributed by atoms with E-state index in [0.717, 1.165) is 25.4 Å². The molecule has 0 radical (unpaired) electrons. The molecule has 2 atom stereocenters. The molecule has 1 aromatic carbocycles. The Bertz CT molecular complexity index is 377. The molecule has 106 valence electrons. The highest BCUT2D eigenvalue weighted by Crippen LogP contribution is 2.25. The summed E-state index contributed by atoms with van der Waals surface area (Å²) in [6.45, 7) is 6.81. The summed E-state index contributed by atoms with van der Waals surface area (Å²) < 4.78 is 5.48. The number of nitrogens with zero attached hydrogens (tertiary/aromatic N) is 1. The highest BCUT2D eigenvalue weighted by atomic mass is 16.5. The van der Waals surface area contributed by atoms with Crippen molar-refractivity contribution in [1.82, 2.24) is 4.90 Å². The van der Waals surface area contributed by atoms with Gasteiger partial charge in [0.25, 0.3) is 0 Å². The molecule has 1 fully saturated rings. The SMILES string of the molecule is CCOc1ccc(CN2C(C)CCCC2CN)cc1. The maximum atomic E-state index is 5.91. The van der Waals surface area contributed by atoms with Gasteiger partial charge in [0.1, 0.15) is 5.75 Å². The number of hydrogen-bond acceptors (Lipinski definition) is 3. The van der Waals surface area contributed by atoms with Crippen LogP contribution in [-0.4, -0.2) is 30.1 Å². The van der Waals surface area contributed by atoms with Crippen molar-refractivity contribution < 1.29 is 4.74 Å². The van der Waals surface area contributed by atoms with Crippen LogP contribution < -0.4 is 10.5 Å². The van der Waals surface area contributed by atoms with Crippen molar-refractivity contribution in [3.05, 3.63) is 29.8 Å². The second-order valence-electron chi connectivity index (χ2n) is 5.42. The summed E-state index contributed by atoms with van der Waals surface area (Å²) >= 11 is 0. The van der Waals surface area contributed by atoms with Gasteiger partial charge in [0.05, 0.1) is 6.61 Å². The van der Waals surface area contributed by atoms with E-state index in [1.54, 1.807) is 0 Å². The lowest BCUT2D eigenvalue weighted by molar-refractivity contribution is 0.0892. The number of likely N-dealkylation sites (tertiary alicyclic amines) is 1. The second-order valence-corrected chi connectivity index (χ2v) is 5.42. The fourth-order valence-corrected chi connectivity index (χ4v) is 2.95. The zero-order chi connectivity index (χ0) is 13.7. The van der Waals surface area contributed by atoms with E-state index in [1.807, 2.05) is 6.92 Å². The van der Waals surface area contributed by atoms with Crippen molar-refractivity contribution in [2.24, 2.45) is 5.73 Å². The number of rotatable bonds is 5. The molecule has 0 spiro atoms. The summed E-state index contributed by atoms with van der Waals surface area (Å²) in [5.41, 5.74) is 7.25. The fraction of sp³-hybridized carbons (Fsp3) is 0.625. The Balaban J connectivity index is 2.01. The minimum absolute atomic E-state index is 0.537. The van der Waals surface area contributed by atoms with Gasteiger partial charge in [-0.3, -0.25) is 4.90 Å². The summed E-state index contributed by atoms with van der Waals surface area (Å²) in [4.78, 5) is 2.55. The third-order valence-electron chi connectivity index (χ3n) is 4.07. The Morgan fingerprint density at radius 1 is 1.26 bits per heavy atom. The van der Waals surface area contributed by atoms with Gasteiger partial charge in [-0.15, -0.1) is 0 Å². The van der Waals surface area contributed by atoms with Gasteiger partial charge >= 0.3 is 0 Å². The minimum atomic E-state index is 0.537. The van der Waals surface area contributed by atoms with E-state index in [-0.39, 0.29) is 0 Å². The summed E-state index contributed by atoms with van der Waals surface area (Å²) in [5, 5.41) is 0. The molecule has 0 aliphatic carbocycles. The molecule has 1 aliphatic rings. The van der Waals surface area contributed by atoms with Crippen LogP contribution in [0.2, 0.25) is 0 Å². The van der Waals surface area contributed by atoms with Gasteiger partial charge in [-0.25, -0.2) is 0 Å². The van der Waals surface area contributed by atoms with E-state index >= 15 is 0 Å². The summed E-state index contributed by atoms with van der Waals surface area (Å²) in [7, 11) is 0. The first-order chi connectivity index (χ1) is 9.24. The van der Waals surface area contributed by atoms with Crippen LogP contribution in [0.25, 0.3) is 0 Å². The van der Waals surface area contributed by atoms with Gasteiger partial charge in [-0.1, -0.05) is 18.6 Å². The number of ether oxygens (including phenoxy) is 1. The molecule has 3 nitrogen and oxygen atoms in total. The Kier molecular flexibility index (Phi) is 5.23.